The van der Waals surface area contributed by atoms with E-state index in [0.717, 1.165) is 0 Å². The summed E-state index contributed by atoms with van der Waals surface area (Å²) < 4.78 is 31.9. The van der Waals surface area contributed by atoms with Gasteiger partial charge in [0.25, 0.3) is 0 Å². The van der Waals surface area contributed by atoms with Crippen LogP contribution in [0.4, 0.5) is 0 Å². The van der Waals surface area contributed by atoms with Gasteiger partial charge in [0.1, 0.15) is 0 Å². The molecule has 0 aromatic carbocycles. The van der Waals surface area contributed by atoms with E-state index in [2.05, 4.69) is 41.5 Å². The van der Waals surface area contributed by atoms with Crippen LogP contribution in [0.5, 0.6) is 0 Å². The van der Waals surface area contributed by atoms with Gasteiger partial charge in [-0.25, -0.2) is 0 Å². The van der Waals surface area contributed by atoms with E-state index in [4.69, 9.17) is 15.9 Å². The van der Waals surface area contributed by atoms with Gasteiger partial charge < -0.3 is 0 Å². The Labute approximate surface area is 201 Å². The fraction of sp³-hybridized carbons (Fsp3) is 1.00. The van der Waals surface area contributed by atoms with Gasteiger partial charge in [0.15, 0.2) is 0 Å². The Hall–Kier alpha value is 0.486. The Morgan fingerprint density at radius 1 is 0.452 bits per heavy atom. The first-order valence-electron chi connectivity index (χ1n) is 13.4. The molecule has 0 saturated heterocycles. The van der Waals surface area contributed by atoms with E-state index in [1.807, 2.05) is 0 Å². The molecule has 0 saturated carbocycles. The molecule has 0 fully saturated rings. The van der Waals surface area contributed by atoms with Crippen LogP contribution in [0.25, 0.3) is 0 Å². The topological polar surface area (TPSA) is 74.6 Å². The SMILES string of the molecule is CCCC[SiH](CCCC)CCCC.CCCC[SiH](CCCC)CCCC.[O]=[Cr](=[O])([OH])[OH]. The molecule has 7 heteroatoms. The molecule has 0 amide bonds. The molecule has 0 aromatic rings. The second-order valence-electron chi connectivity index (χ2n) is 9.03. The summed E-state index contributed by atoms with van der Waals surface area (Å²) in [7, 11) is -0.573. The van der Waals surface area contributed by atoms with Gasteiger partial charge in [-0.3, -0.25) is 0 Å². The Bertz CT molecular complexity index is 350. The standard InChI is InChI=1S/2C12H28Si.Cr.2H2O.2O/c2*1-4-7-10-13(11-8-5-2)12-9-6-3;;;;;/h2*13H,4-12H2,1-3H3;;2*1H2;;/q;;+2;;;;/p-2. The van der Waals surface area contributed by atoms with Crippen molar-refractivity contribution in [1.82, 2.24) is 0 Å². The summed E-state index contributed by atoms with van der Waals surface area (Å²) in [6.07, 6.45) is 17.5. The van der Waals surface area contributed by atoms with Crippen molar-refractivity contribution in [2.45, 2.75) is 155 Å². The summed E-state index contributed by atoms with van der Waals surface area (Å²) in [6.45, 7) is 13.9. The van der Waals surface area contributed by atoms with Crippen molar-refractivity contribution in [3.63, 3.8) is 0 Å². The fourth-order valence-electron chi connectivity index (χ4n) is 3.82. The molecule has 2 N–H and O–H groups in total. The van der Waals surface area contributed by atoms with Crippen LogP contribution in [0, 0.1) is 0 Å². The third kappa shape index (κ3) is 41.3. The van der Waals surface area contributed by atoms with Crippen molar-refractivity contribution in [3.8, 4) is 0 Å². The molecule has 0 aromatic heterocycles. The monoisotopic (exact) mass is 518 g/mol. The number of hydrogen-bond donors (Lipinski definition) is 2. The van der Waals surface area contributed by atoms with Crippen LogP contribution in [-0.2, 0) is 21.2 Å². The molecule has 0 spiro atoms. The van der Waals surface area contributed by atoms with Crippen LogP contribution >= 0.6 is 0 Å². The van der Waals surface area contributed by atoms with Crippen molar-refractivity contribution in [2.24, 2.45) is 0 Å². The molecule has 0 bridgehead atoms. The number of rotatable bonds is 18. The predicted molar refractivity (Wildman–Crippen MR) is 138 cm³/mol. The van der Waals surface area contributed by atoms with Crippen molar-refractivity contribution in [1.29, 1.82) is 0 Å². The number of unbranched alkanes of at least 4 members (excludes halogenated alkanes) is 6. The summed E-state index contributed by atoms with van der Waals surface area (Å²) in [5, 5.41) is 0. The van der Waals surface area contributed by atoms with Gasteiger partial charge in [-0.2, -0.15) is 0 Å². The summed E-state index contributed by atoms with van der Waals surface area (Å²) in [6, 6.07) is 9.73. The summed E-state index contributed by atoms with van der Waals surface area (Å²) in [4.78, 5) is 0. The van der Waals surface area contributed by atoms with Crippen LogP contribution in [0.1, 0.15) is 119 Å². The predicted octanol–water partition coefficient (Wildman–Crippen LogP) is 7.87. The third-order valence-corrected chi connectivity index (χ3v) is 13.1. The molecule has 0 heterocycles. The molecule has 0 radical (unpaired) electrons. The molecular weight excluding hydrogens is 460 g/mol. The fourth-order valence-corrected chi connectivity index (χ4v) is 11.5. The van der Waals surface area contributed by atoms with Crippen molar-refractivity contribution < 1.29 is 29.5 Å². The zero-order chi connectivity index (χ0) is 24.4. The van der Waals surface area contributed by atoms with Crippen LogP contribution in [0.15, 0.2) is 0 Å². The van der Waals surface area contributed by atoms with E-state index in [0.29, 0.717) is 0 Å². The first-order chi connectivity index (χ1) is 14.7. The van der Waals surface area contributed by atoms with E-state index in [9.17, 15) is 0 Å². The summed E-state index contributed by atoms with van der Waals surface area (Å²) >= 11 is -5.25. The van der Waals surface area contributed by atoms with Crippen molar-refractivity contribution >= 4 is 17.6 Å². The van der Waals surface area contributed by atoms with Crippen LogP contribution in [-0.4, -0.2) is 25.9 Å². The Morgan fingerprint density at radius 2 is 0.581 bits per heavy atom. The normalized spacial score (nSPS) is 11.2. The second-order valence-corrected chi connectivity index (χ2v) is 17.4. The van der Waals surface area contributed by atoms with E-state index in [1.54, 1.807) is 36.3 Å². The molecule has 192 valence electrons. The molecule has 0 aliphatic heterocycles. The van der Waals surface area contributed by atoms with E-state index < -0.39 is 13.6 Å². The Kier molecular flexibility index (Phi) is 33.2. The first kappa shape index (κ1) is 36.1. The van der Waals surface area contributed by atoms with E-state index in [1.165, 1.54) is 77.0 Å². The maximum atomic E-state index is 8.82. The maximum absolute atomic E-state index is 8.82. The van der Waals surface area contributed by atoms with Gasteiger partial charge in [-0.15, -0.1) is 0 Å². The molecule has 4 nitrogen and oxygen atoms in total. The van der Waals surface area contributed by atoms with E-state index in [-0.39, 0.29) is 17.6 Å². The number of hydrogen-bond acceptors (Lipinski definition) is 2. The Morgan fingerprint density at radius 3 is 0.677 bits per heavy atom. The van der Waals surface area contributed by atoms with Crippen LogP contribution in [0.3, 0.4) is 0 Å². The van der Waals surface area contributed by atoms with Crippen molar-refractivity contribution in [3.05, 3.63) is 0 Å². The zero-order valence-corrected chi connectivity index (χ0v) is 25.6. The van der Waals surface area contributed by atoms with Gasteiger partial charge >= 0.3 is 29.5 Å². The van der Waals surface area contributed by atoms with Crippen molar-refractivity contribution in [2.75, 3.05) is 0 Å². The average molecular weight is 519 g/mol. The zero-order valence-electron chi connectivity index (χ0n) is 22.0. The van der Waals surface area contributed by atoms with Crippen LogP contribution < -0.4 is 0 Å². The minimum atomic E-state index is -5.25. The van der Waals surface area contributed by atoms with Gasteiger partial charge in [0.2, 0.25) is 0 Å². The summed E-state index contributed by atoms with van der Waals surface area (Å²) in [5.74, 6) is 0. The molecule has 0 rings (SSSR count). The van der Waals surface area contributed by atoms with Gasteiger partial charge in [-0.1, -0.05) is 155 Å². The van der Waals surface area contributed by atoms with Gasteiger partial charge in [0, 0.05) is 17.6 Å². The van der Waals surface area contributed by atoms with Crippen LogP contribution in [0.2, 0.25) is 36.3 Å². The molecule has 0 atom stereocenters. The summed E-state index contributed by atoms with van der Waals surface area (Å²) in [5.41, 5.74) is 0. The molecule has 0 aliphatic carbocycles. The minimum absolute atomic E-state index is 0.287. The molecule has 31 heavy (non-hydrogen) atoms. The van der Waals surface area contributed by atoms with Gasteiger partial charge in [-0.05, 0) is 0 Å². The molecular formula is C24H58CrO4Si2. The van der Waals surface area contributed by atoms with E-state index >= 15 is 0 Å². The first-order valence-corrected chi connectivity index (χ1v) is 20.5. The molecule has 0 aliphatic rings. The quantitative estimate of drug-likeness (QED) is 0.181. The third-order valence-electron chi connectivity index (χ3n) is 5.80. The average Bonchev–Trinajstić information content (AvgIpc) is 2.72. The van der Waals surface area contributed by atoms with Gasteiger partial charge in [0.05, 0.1) is 0 Å². The molecule has 0 unspecified atom stereocenters. The second kappa shape index (κ2) is 28.5. The Balaban J connectivity index is -0.000000416.